The molecule has 0 radical (unpaired) electrons. The zero-order valence-corrected chi connectivity index (χ0v) is 27.0. The smallest absolute Gasteiger partial charge is 0.309 e. The predicted octanol–water partition coefficient (Wildman–Crippen LogP) is 9.70. The summed E-state index contributed by atoms with van der Waals surface area (Å²) in [6.07, 6.45) is 0. The molecule has 0 bridgehead atoms. The molecule has 0 aliphatic heterocycles. The minimum absolute atomic E-state index is 0.381. The summed E-state index contributed by atoms with van der Waals surface area (Å²) in [6, 6.07) is 55.6. The van der Waals surface area contributed by atoms with Gasteiger partial charge in [-0.1, -0.05) is 133 Å². The summed E-state index contributed by atoms with van der Waals surface area (Å²) in [5.41, 5.74) is 9.44. The van der Waals surface area contributed by atoms with Gasteiger partial charge in [0.2, 0.25) is 0 Å². The lowest BCUT2D eigenvalue weighted by Gasteiger charge is -2.37. The van der Waals surface area contributed by atoms with E-state index in [0.717, 1.165) is 39.2 Å². The van der Waals surface area contributed by atoms with E-state index in [1.165, 1.54) is 16.7 Å². The fourth-order valence-electron chi connectivity index (χ4n) is 5.47. The van der Waals surface area contributed by atoms with E-state index in [1.54, 1.807) is 13.8 Å². The Morgan fingerprint density at radius 1 is 0.500 bits per heavy atom. The first kappa shape index (κ1) is 31.1. The van der Waals surface area contributed by atoms with Crippen molar-refractivity contribution in [1.29, 1.82) is 0 Å². The molecule has 0 aliphatic rings. The standard InChI is InChI=1S/C42H40BNO2/c1-41(2,45)42(3,4)46-43-36-25-28-40(39(30-36)34-19-12-7-13-20-34)44(37-26-23-33(24-27-37)31-15-8-5-9-16-31)38-22-14-21-35(29-38)32-17-10-6-11-18-32/h5-30,43,45H,1-4H3. The molecule has 1 N–H and O–H groups in total. The maximum Gasteiger partial charge on any atom is 0.309 e. The first-order chi connectivity index (χ1) is 22.2. The van der Waals surface area contributed by atoms with Gasteiger partial charge in [-0.3, -0.25) is 0 Å². The first-order valence-electron chi connectivity index (χ1n) is 15.9. The maximum atomic E-state index is 10.7. The van der Waals surface area contributed by atoms with E-state index in [1.807, 2.05) is 32.0 Å². The Bertz CT molecular complexity index is 1880. The highest BCUT2D eigenvalue weighted by molar-refractivity contribution is 6.47. The van der Waals surface area contributed by atoms with Crippen LogP contribution in [-0.2, 0) is 4.65 Å². The van der Waals surface area contributed by atoms with Crippen molar-refractivity contribution in [3.63, 3.8) is 0 Å². The SMILES string of the molecule is CC(C)(O)C(C)(C)OBc1ccc(N(c2ccc(-c3ccccc3)cc2)c2cccc(-c3ccccc3)c2)c(-c2ccccc2)c1. The molecular formula is C42H40BNO2. The highest BCUT2D eigenvalue weighted by Gasteiger charge is 2.35. The number of hydrogen-bond donors (Lipinski definition) is 1. The molecule has 0 spiro atoms. The Hall–Kier alpha value is -4.90. The van der Waals surface area contributed by atoms with Crippen molar-refractivity contribution in [2.45, 2.75) is 38.9 Å². The summed E-state index contributed by atoms with van der Waals surface area (Å²) < 4.78 is 6.30. The van der Waals surface area contributed by atoms with E-state index in [4.69, 9.17) is 4.65 Å². The Morgan fingerprint density at radius 3 is 1.61 bits per heavy atom. The van der Waals surface area contributed by atoms with Crippen LogP contribution >= 0.6 is 0 Å². The van der Waals surface area contributed by atoms with Crippen LogP contribution in [0.25, 0.3) is 33.4 Å². The second-order valence-electron chi connectivity index (χ2n) is 12.7. The van der Waals surface area contributed by atoms with Gasteiger partial charge in [0.25, 0.3) is 0 Å². The average molecular weight is 602 g/mol. The van der Waals surface area contributed by atoms with Crippen LogP contribution in [0.1, 0.15) is 27.7 Å². The van der Waals surface area contributed by atoms with Gasteiger partial charge < -0.3 is 14.7 Å². The van der Waals surface area contributed by atoms with Crippen molar-refractivity contribution >= 4 is 30.0 Å². The number of hydrogen-bond acceptors (Lipinski definition) is 3. The van der Waals surface area contributed by atoms with Crippen LogP contribution in [0.3, 0.4) is 0 Å². The highest BCUT2D eigenvalue weighted by atomic mass is 16.5. The molecule has 228 valence electrons. The lowest BCUT2D eigenvalue weighted by atomic mass is 9.81. The Morgan fingerprint density at radius 2 is 1.02 bits per heavy atom. The van der Waals surface area contributed by atoms with E-state index in [-0.39, 0.29) is 0 Å². The maximum absolute atomic E-state index is 10.7. The third kappa shape index (κ3) is 6.84. The predicted molar refractivity (Wildman–Crippen MR) is 196 cm³/mol. The van der Waals surface area contributed by atoms with Gasteiger partial charge in [-0.05, 0) is 85.8 Å². The fourth-order valence-corrected chi connectivity index (χ4v) is 5.47. The van der Waals surface area contributed by atoms with Crippen LogP contribution in [0.5, 0.6) is 0 Å². The summed E-state index contributed by atoms with van der Waals surface area (Å²) in [7, 11) is 0.381. The Balaban J connectivity index is 1.49. The molecule has 4 heteroatoms. The minimum Gasteiger partial charge on any atom is -0.427 e. The van der Waals surface area contributed by atoms with E-state index in [0.29, 0.717) is 7.48 Å². The van der Waals surface area contributed by atoms with Crippen molar-refractivity contribution in [1.82, 2.24) is 0 Å². The first-order valence-corrected chi connectivity index (χ1v) is 15.9. The van der Waals surface area contributed by atoms with Crippen molar-refractivity contribution in [2.24, 2.45) is 0 Å². The molecule has 0 saturated heterocycles. The van der Waals surface area contributed by atoms with Gasteiger partial charge in [0.05, 0.1) is 16.9 Å². The van der Waals surface area contributed by atoms with Gasteiger partial charge >= 0.3 is 7.48 Å². The minimum atomic E-state index is -0.984. The van der Waals surface area contributed by atoms with Gasteiger partial charge in [0, 0.05) is 16.9 Å². The lowest BCUT2D eigenvalue weighted by molar-refractivity contribution is -0.0893. The zero-order chi connectivity index (χ0) is 32.1. The van der Waals surface area contributed by atoms with Crippen LogP contribution in [0.4, 0.5) is 17.1 Å². The van der Waals surface area contributed by atoms with Crippen LogP contribution in [0.15, 0.2) is 158 Å². The van der Waals surface area contributed by atoms with Crippen LogP contribution < -0.4 is 10.4 Å². The Kier molecular flexibility index (Phi) is 8.94. The molecule has 0 amide bonds. The molecular weight excluding hydrogens is 561 g/mol. The van der Waals surface area contributed by atoms with Crippen molar-refractivity contribution in [2.75, 3.05) is 4.90 Å². The molecule has 0 fully saturated rings. The number of nitrogens with zero attached hydrogens (tertiary/aromatic N) is 1. The topological polar surface area (TPSA) is 32.7 Å². The van der Waals surface area contributed by atoms with Crippen molar-refractivity contribution in [3.05, 3.63) is 158 Å². The Labute approximate surface area is 274 Å². The molecule has 46 heavy (non-hydrogen) atoms. The van der Waals surface area contributed by atoms with E-state index in [9.17, 15) is 5.11 Å². The molecule has 6 aromatic carbocycles. The highest BCUT2D eigenvalue weighted by Crippen LogP contribution is 2.42. The quantitative estimate of drug-likeness (QED) is 0.159. The van der Waals surface area contributed by atoms with E-state index in [2.05, 4.69) is 144 Å². The van der Waals surface area contributed by atoms with Gasteiger partial charge in [-0.25, -0.2) is 0 Å². The molecule has 0 heterocycles. The second-order valence-corrected chi connectivity index (χ2v) is 12.7. The third-order valence-corrected chi connectivity index (χ3v) is 8.90. The third-order valence-electron chi connectivity index (χ3n) is 8.90. The van der Waals surface area contributed by atoms with Gasteiger partial charge in [-0.2, -0.15) is 0 Å². The number of aliphatic hydroxyl groups is 1. The van der Waals surface area contributed by atoms with Crippen molar-refractivity contribution < 1.29 is 9.76 Å². The second kappa shape index (κ2) is 13.2. The van der Waals surface area contributed by atoms with E-state index < -0.39 is 11.2 Å². The molecule has 0 saturated carbocycles. The van der Waals surface area contributed by atoms with Crippen LogP contribution in [0, 0.1) is 0 Å². The van der Waals surface area contributed by atoms with Crippen LogP contribution in [0.2, 0.25) is 0 Å². The molecule has 3 nitrogen and oxygen atoms in total. The summed E-state index contributed by atoms with van der Waals surface area (Å²) >= 11 is 0. The van der Waals surface area contributed by atoms with Crippen LogP contribution in [-0.4, -0.2) is 23.8 Å². The summed E-state index contributed by atoms with van der Waals surface area (Å²) in [5.74, 6) is 0. The summed E-state index contributed by atoms with van der Waals surface area (Å²) in [4.78, 5) is 2.34. The fraction of sp³-hybridized carbons (Fsp3) is 0.143. The molecule has 0 atom stereocenters. The van der Waals surface area contributed by atoms with Gasteiger partial charge in [-0.15, -0.1) is 0 Å². The largest absolute Gasteiger partial charge is 0.427 e. The molecule has 6 rings (SSSR count). The number of benzene rings is 6. The molecule has 0 aliphatic carbocycles. The molecule has 0 unspecified atom stereocenters. The number of anilines is 3. The normalized spacial score (nSPS) is 11.7. The number of rotatable bonds is 10. The van der Waals surface area contributed by atoms with E-state index >= 15 is 0 Å². The zero-order valence-electron chi connectivity index (χ0n) is 27.0. The lowest BCUT2D eigenvalue weighted by Crippen LogP contribution is -2.49. The van der Waals surface area contributed by atoms with Gasteiger partial charge in [0.1, 0.15) is 0 Å². The molecule has 0 aromatic heterocycles. The average Bonchev–Trinajstić information content (AvgIpc) is 3.09. The summed E-state index contributed by atoms with van der Waals surface area (Å²) in [5, 5.41) is 10.7. The summed E-state index contributed by atoms with van der Waals surface area (Å²) in [6.45, 7) is 7.44. The van der Waals surface area contributed by atoms with Gasteiger partial charge in [0.15, 0.2) is 0 Å². The molecule has 6 aromatic rings. The van der Waals surface area contributed by atoms with Crippen molar-refractivity contribution in [3.8, 4) is 33.4 Å². The monoisotopic (exact) mass is 601 g/mol.